The number of thiocarbonyl (C=S) groups is 1. The number of nitrogens with zero attached hydrogens (tertiary/aromatic N) is 2. The third kappa shape index (κ3) is 1.55. The minimum atomic E-state index is -4.85. The summed E-state index contributed by atoms with van der Waals surface area (Å²) in [6, 6.07) is 0. The zero-order chi connectivity index (χ0) is 11.1. The average Bonchev–Trinajstić information content (AvgIpc) is 2.25. The van der Waals surface area contributed by atoms with Crippen LogP contribution in [0.25, 0.3) is 0 Å². The van der Waals surface area contributed by atoms with Crippen molar-refractivity contribution in [1.29, 1.82) is 0 Å². The van der Waals surface area contributed by atoms with E-state index in [9.17, 15) is 18.3 Å². The number of halogens is 3. The van der Waals surface area contributed by atoms with Crippen LogP contribution in [-0.4, -0.2) is 32.8 Å². The molecule has 0 aromatic heterocycles. The first-order chi connectivity index (χ1) is 6.18. The Morgan fingerprint density at radius 3 is 2.50 bits per heavy atom. The highest BCUT2D eigenvalue weighted by atomic mass is 32.1. The molecule has 0 aromatic rings. The van der Waals surface area contributed by atoms with Crippen molar-refractivity contribution in [3.05, 3.63) is 0 Å². The monoisotopic (exact) mass is 227 g/mol. The molecule has 8 heteroatoms. The van der Waals surface area contributed by atoms with E-state index in [1.165, 1.54) is 6.92 Å². The van der Waals surface area contributed by atoms with Crippen LogP contribution in [0, 0.1) is 0 Å². The van der Waals surface area contributed by atoms with E-state index in [4.69, 9.17) is 5.73 Å². The van der Waals surface area contributed by atoms with Crippen molar-refractivity contribution < 1.29 is 18.3 Å². The maximum absolute atomic E-state index is 12.4. The summed E-state index contributed by atoms with van der Waals surface area (Å²) >= 11 is 4.36. The van der Waals surface area contributed by atoms with Crippen molar-refractivity contribution in [2.45, 2.75) is 25.2 Å². The van der Waals surface area contributed by atoms with Gasteiger partial charge in [-0.25, -0.2) is 0 Å². The Balaban J connectivity index is 3.08. The molecule has 1 unspecified atom stereocenters. The SMILES string of the molecule is CC1=NN(C(N)=S)C(O)(C(F)(F)F)C1. The number of alkyl halides is 3. The first-order valence-corrected chi connectivity index (χ1v) is 4.02. The van der Waals surface area contributed by atoms with Crippen LogP contribution in [0.5, 0.6) is 0 Å². The molecule has 0 saturated heterocycles. The van der Waals surface area contributed by atoms with Gasteiger partial charge in [0.1, 0.15) is 0 Å². The molecular formula is C6H8F3N3OS. The molecule has 1 heterocycles. The molecule has 0 spiro atoms. The van der Waals surface area contributed by atoms with Crippen molar-refractivity contribution in [3.8, 4) is 0 Å². The van der Waals surface area contributed by atoms with Gasteiger partial charge in [-0.15, -0.1) is 0 Å². The second kappa shape index (κ2) is 3.06. The van der Waals surface area contributed by atoms with Gasteiger partial charge in [-0.3, -0.25) is 0 Å². The zero-order valence-electron chi connectivity index (χ0n) is 7.17. The Labute approximate surface area is 83.2 Å². The van der Waals surface area contributed by atoms with Gasteiger partial charge in [0.15, 0.2) is 5.11 Å². The number of nitrogens with two attached hydrogens (primary N) is 1. The van der Waals surface area contributed by atoms with E-state index < -0.39 is 23.4 Å². The molecule has 80 valence electrons. The molecule has 0 saturated carbocycles. The van der Waals surface area contributed by atoms with E-state index in [1.807, 2.05) is 0 Å². The normalized spacial score (nSPS) is 27.8. The van der Waals surface area contributed by atoms with Crippen LogP contribution in [-0.2, 0) is 0 Å². The van der Waals surface area contributed by atoms with Gasteiger partial charge in [0.2, 0.25) is 0 Å². The summed E-state index contributed by atoms with van der Waals surface area (Å²) in [5, 5.41) is 12.4. The summed E-state index contributed by atoms with van der Waals surface area (Å²) in [6.07, 6.45) is -5.49. The van der Waals surface area contributed by atoms with Crippen LogP contribution >= 0.6 is 12.2 Å². The lowest BCUT2D eigenvalue weighted by molar-refractivity contribution is -0.294. The lowest BCUT2D eigenvalue weighted by Crippen LogP contribution is -2.57. The van der Waals surface area contributed by atoms with Crippen molar-refractivity contribution in [2.75, 3.05) is 0 Å². The lowest BCUT2D eigenvalue weighted by Gasteiger charge is -2.32. The van der Waals surface area contributed by atoms with Crippen molar-refractivity contribution in [1.82, 2.24) is 5.01 Å². The molecular weight excluding hydrogens is 219 g/mol. The predicted octanol–water partition coefficient (Wildman–Crippen LogP) is 0.563. The molecule has 1 aliphatic heterocycles. The highest BCUT2D eigenvalue weighted by molar-refractivity contribution is 7.80. The summed E-state index contributed by atoms with van der Waals surface area (Å²) in [5.41, 5.74) is 2.05. The fraction of sp³-hybridized carbons (Fsp3) is 0.667. The van der Waals surface area contributed by atoms with Gasteiger partial charge in [0, 0.05) is 12.1 Å². The van der Waals surface area contributed by atoms with Gasteiger partial charge < -0.3 is 10.8 Å². The second-order valence-electron chi connectivity index (χ2n) is 2.98. The maximum atomic E-state index is 12.4. The Hall–Kier alpha value is -0.890. The van der Waals surface area contributed by atoms with Gasteiger partial charge in [-0.2, -0.15) is 23.3 Å². The van der Waals surface area contributed by atoms with E-state index in [0.29, 0.717) is 0 Å². The Bertz CT molecular complexity index is 303. The molecule has 1 atom stereocenters. The molecule has 4 nitrogen and oxygen atoms in total. The minimum absolute atomic E-state index is 0.123. The third-order valence-corrected chi connectivity index (χ3v) is 1.96. The fourth-order valence-corrected chi connectivity index (χ4v) is 1.36. The Morgan fingerprint density at radius 1 is 1.71 bits per heavy atom. The Kier molecular flexibility index (Phi) is 2.44. The van der Waals surface area contributed by atoms with E-state index >= 15 is 0 Å². The third-order valence-electron chi connectivity index (χ3n) is 1.79. The maximum Gasteiger partial charge on any atom is 0.438 e. The van der Waals surface area contributed by atoms with Crippen molar-refractivity contribution >= 4 is 23.0 Å². The van der Waals surface area contributed by atoms with Crippen LogP contribution in [0.1, 0.15) is 13.3 Å². The molecule has 1 rings (SSSR count). The largest absolute Gasteiger partial charge is 0.438 e. The summed E-state index contributed by atoms with van der Waals surface area (Å²) in [5.74, 6) is 0. The number of rotatable bonds is 0. The van der Waals surface area contributed by atoms with Gasteiger partial charge >= 0.3 is 6.18 Å². The van der Waals surface area contributed by atoms with Crippen LogP contribution in [0.3, 0.4) is 0 Å². The van der Waals surface area contributed by atoms with E-state index in [0.717, 1.165) is 0 Å². The summed E-state index contributed by atoms with van der Waals surface area (Å²) in [7, 11) is 0. The molecule has 0 aliphatic carbocycles. The molecule has 0 bridgehead atoms. The van der Waals surface area contributed by atoms with Crippen LogP contribution < -0.4 is 5.73 Å². The van der Waals surface area contributed by atoms with Crippen LogP contribution in [0.2, 0.25) is 0 Å². The quantitative estimate of drug-likeness (QED) is 0.594. The van der Waals surface area contributed by atoms with E-state index in [1.54, 1.807) is 0 Å². The van der Waals surface area contributed by atoms with E-state index in [2.05, 4.69) is 17.3 Å². The van der Waals surface area contributed by atoms with Crippen molar-refractivity contribution in [2.24, 2.45) is 10.8 Å². The number of hydrogen-bond donors (Lipinski definition) is 2. The number of aliphatic hydroxyl groups is 1. The lowest BCUT2D eigenvalue weighted by atomic mass is 10.1. The van der Waals surface area contributed by atoms with Crippen LogP contribution in [0.15, 0.2) is 5.10 Å². The number of hydrogen-bond acceptors (Lipinski definition) is 3. The molecule has 1 aliphatic rings. The highest BCUT2D eigenvalue weighted by Crippen LogP contribution is 2.39. The van der Waals surface area contributed by atoms with Gasteiger partial charge in [0.05, 0.1) is 0 Å². The summed E-state index contributed by atoms with van der Waals surface area (Å²) < 4.78 is 37.3. The molecule has 14 heavy (non-hydrogen) atoms. The molecule has 0 aromatic carbocycles. The highest BCUT2D eigenvalue weighted by Gasteiger charge is 2.61. The van der Waals surface area contributed by atoms with Crippen LogP contribution in [0.4, 0.5) is 13.2 Å². The topological polar surface area (TPSA) is 61.8 Å². The molecule has 0 fully saturated rings. The predicted molar refractivity (Wildman–Crippen MR) is 47.4 cm³/mol. The first kappa shape index (κ1) is 11.2. The van der Waals surface area contributed by atoms with E-state index in [-0.39, 0.29) is 10.7 Å². The Morgan fingerprint density at radius 2 is 2.21 bits per heavy atom. The standard InChI is InChI=1S/C6H8F3N3OS/c1-3-2-5(13,6(7,8)9)12(11-3)4(10)14/h13H,2H2,1H3,(H2,10,14). The van der Waals surface area contributed by atoms with Crippen molar-refractivity contribution in [3.63, 3.8) is 0 Å². The molecule has 0 radical (unpaired) electrons. The van der Waals surface area contributed by atoms with Gasteiger partial charge in [0.25, 0.3) is 5.72 Å². The average molecular weight is 227 g/mol. The first-order valence-electron chi connectivity index (χ1n) is 3.61. The summed E-state index contributed by atoms with van der Waals surface area (Å²) in [6.45, 7) is 1.36. The number of hydrazone groups is 1. The molecule has 0 amide bonds. The smallest absolute Gasteiger partial charge is 0.375 e. The van der Waals surface area contributed by atoms with Gasteiger partial charge in [-0.1, -0.05) is 0 Å². The molecule has 3 N–H and O–H groups in total. The zero-order valence-corrected chi connectivity index (χ0v) is 7.98. The fourth-order valence-electron chi connectivity index (χ4n) is 1.17. The van der Waals surface area contributed by atoms with Gasteiger partial charge in [-0.05, 0) is 19.1 Å². The minimum Gasteiger partial charge on any atom is -0.375 e. The summed E-state index contributed by atoms with van der Waals surface area (Å²) in [4.78, 5) is 0. The second-order valence-corrected chi connectivity index (χ2v) is 3.39.